The summed E-state index contributed by atoms with van der Waals surface area (Å²) in [6.07, 6.45) is -2.62. The van der Waals surface area contributed by atoms with Gasteiger partial charge in [0.1, 0.15) is 0 Å². The van der Waals surface area contributed by atoms with E-state index < -0.39 is 11.7 Å². The number of rotatable bonds is 4. The third kappa shape index (κ3) is 5.31. The van der Waals surface area contributed by atoms with Gasteiger partial charge in [-0.2, -0.15) is 13.2 Å². The van der Waals surface area contributed by atoms with Crippen LogP contribution in [0.5, 0.6) is 0 Å². The van der Waals surface area contributed by atoms with Crippen LogP contribution in [-0.4, -0.2) is 37.0 Å². The first-order chi connectivity index (χ1) is 14.3. The Bertz CT molecular complexity index is 914. The highest BCUT2D eigenvalue weighted by molar-refractivity contribution is 5.94. The van der Waals surface area contributed by atoms with Crippen LogP contribution in [0.1, 0.15) is 45.8 Å². The summed E-state index contributed by atoms with van der Waals surface area (Å²) in [5.41, 5.74) is 1.05. The predicted molar refractivity (Wildman–Crippen MR) is 107 cm³/mol. The number of hydrogen-bond donors (Lipinski definition) is 2. The monoisotopic (exact) mass is 419 g/mol. The van der Waals surface area contributed by atoms with E-state index in [0.717, 1.165) is 30.5 Å². The number of alkyl halides is 3. The SMILES string of the molecule is CNC(=O)N1CCCC(c2cccc(C(=O)NCc3cccc(C(F)(F)F)c3)c2)C1. The van der Waals surface area contributed by atoms with Crippen molar-refractivity contribution < 1.29 is 22.8 Å². The first-order valence-corrected chi connectivity index (χ1v) is 9.79. The second kappa shape index (κ2) is 9.19. The lowest BCUT2D eigenvalue weighted by atomic mass is 9.89. The van der Waals surface area contributed by atoms with Gasteiger partial charge in [0.05, 0.1) is 5.56 Å². The first-order valence-electron chi connectivity index (χ1n) is 9.79. The molecular weight excluding hydrogens is 395 g/mol. The average Bonchev–Trinajstić information content (AvgIpc) is 2.76. The van der Waals surface area contributed by atoms with E-state index in [1.807, 2.05) is 6.07 Å². The fourth-order valence-corrected chi connectivity index (χ4v) is 3.67. The van der Waals surface area contributed by atoms with Crippen LogP contribution in [0.15, 0.2) is 48.5 Å². The highest BCUT2D eigenvalue weighted by Gasteiger charge is 2.30. The van der Waals surface area contributed by atoms with Crippen molar-refractivity contribution in [1.29, 1.82) is 0 Å². The molecule has 1 aliphatic rings. The van der Waals surface area contributed by atoms with Crippen molar-refractivity contribution in [2.75, 3.05) is 20.1 Å². The number of likely N-dealkylation sites (tertiary alicyclic amines) is 1. The summed E-state index contributed by atoms with van der Waals surface area (Å²) in [5.74, 6) is -0.222. The van der Waals surface area contributed by atoms with Gasteiger partial charge in [-0.05, 0) is 48.2 Å². The van der Waals surface area contributed by atoms with Crippen LogP contribution in [-0.2, 0) is 12.7 Å². The molecule has 3 rings (SSSR count). The van der Waals surface area contributed by atoms with Crippen LogP contribution in [0.25, 0.3) is 0 Å². The molecule has 8 heteroatoms. The number of nitrogens with zero attached hydrogens (tertiary/aromatic N) is 1. The van der Waals surface area contributed by atoms with Gasteiger partial charge < -0.3 is 15.5 Å². The number of hydrogen-bond acceptors (Lipinski definition) is 2. The zero-order valence-electron chi connectivity index (χ0n) is 16.6. The normalized spacial score (nSPS) is 16.8. The van der Waals surface area contributed by atoms with E-state index in [-0.39, 0.29) is 24.4 Å². The molecule has 5 nitrogen and oxygen atoms in total. The van der Waals surface area contributed by atoms with Crippen LogP contribution in [0.2, 0.25) is 0 Å². The maximum atomic E-state index is 12.8. The highest BCUT2D eigenvalue weighted by Crippen LogP contribution is 2.30. The number of piperidine rings is 1. The topological polar surface area (TPSA) is 61.4 Å². The summed E-state index contributed by atoms with van der Waals surface area (Å²) in [5, 5.41) is 5.31. The van der Waals surface area contributed by atoms with Gasteiger partial charge in [-0.3, -0.25) is 4.79 Å². The zero-order valence-corrected chi connectivity index (χ0v) is 16.6. The highest BCUT2D eigenvalue weighted by atomic mass is 19.4. The third-order valence-electron chi connectivity index (χ3n) is 5.25. The van der Waals surface area contributed by atoms with E-state index in [2.05, 4.69) is 10.6 Å². The third-order valence-corrected chi connectivity index (χ3v) is 5.25. The molecule has 0 saturated carbocycles. The zero-order chi connectivity index (χ0) is 21.7. The molecule has 3 amide bonds. The lowest BCUT2D eigenvalue weighted by molar-refractivity contribution is -0.137. The Kier molecular flexibility index (Phi) is 6.64. The molecule has 2 aromatic rings. The molecule has 2 aromatic carbocycles. The van der Waals surface area contributed by atoms with E-state index in [0.29, 0.717) is 24.2 Å². The van der Waals surface area contributed by atoms with Crippen LogP contribution >= 0.6 is 0 Å². The van der Waals surface area contributed by atoms with Gasteiger partial charge in [-0.1, -0.05) is 24.3 Å². The quantitative estimate of drug-likeness (QED) is 0.782. The maximum Gasteiger partial charge on any atom is 0.416 e. The molecule has 160 valence electrons. The molecule has 30 heavy (non-hydrogen) atoms. The van der Waals surface area contributed by atoms with Gasteiger partial charge in [0, 0.05) is 38.2 Å². The number of amides is 3. The summed E-state index contributed by atoms with van der Waals surface area (Å²) < 4.78 is 38.5. The minimum absolute atomic E-state index is 0.000852. The maximum absolute atomic E-state index is 12.8. The number of urea groups is 1. The van der Waals surface area contributed by atoms with Gasteiger partial charge >= 0.3 is 12.2 Å². The minimum atomic E-state index is -4.42. The van der Waals surface area contributed by atoms with E-state index >= 15 is 0 Å². The van der Waals surface area contributed by atoms with Crippen molar-refractivity contribution in [3.05, 3.63) is 70.8 Å². The van der Waals surface area contributed by atoms with E-state index in [1.54, 1.807) is 36.2 Å². The molecule has 1 heterocycles. The molecular formula is C22H24F3N3O2. The molecule has 2 N–H and O–H groups in total. The molecule has 1 atom stereocenters. The molecule has 1 aliphatic heterocycles. The number of benzene rings is 2. The van der Waals surface area contributed by atoms with Crippen LogP contribution in [0, 0.1) is 0 Å². The van der Waals surface area contributed by atoms with Gasteiger partial charge in [-0.25, -0.2) is 4.79 Å². The molecule has 0 aliphatic carbocycles. The number of nitrogens with one attached hydrogen (secondary N) is 2. The Morgan fingerprint density at radius 1 is 1.13 bits per heavy atom. The van der Waals surface area contributed by atoms with E-state index in [1.165, 1.54) is 6.07 Å². The Hall–Kier alpha value is -3.03. The van der Waals surface area contributed by atoms with Crippen molar-refractivity contribution in [3.63, 3.8) is 0 Å². The van der Waals surface area contributed by atoms with Crippen molar-refractivity contribution in [2.45, 2.75) is 31.5 Å². The Balaban J connectivity index is 1.66. The Morgan fingerprint density at radius 3 is 2.63 bits per heavy atom. The smallest absolute Gasteiger partial charge is 0.348 e. The van der Waals surface area contributed by atoms with Crippen LogP contribution < -0.4 is 10.6 Å². The average molecular weight is 419 g/mol. The van der Waals surface area contributed by atoms with Gasteiger partial charge in [0.25, 0.3) is 5.91 Å². The Morgan fingerprint density at radius 2 is 1.90 bits per heavy atom. The summed E-state index contributed by atoms with van der Waals surface area (Å²) in [7, 11) is 1.60. The van der Waals surface area contributed by atoms with E-state index in [4.69, 9.17) is 0 Å². The molecule has 0 aromatic heterocycles. The number of carbonyl (C=O) groups excluding carboxylic acids is 2. The van der Waals surface area contributed by atoms with Crippen molar-refractivity contribution in [2.24, 2.45) is 0 Å². The first kappa shape index (κ1) is 21.7. The standard InChI is InChI=1S/C22H24F3N3O2/c1-26-21(30)28-10-4-8-18(14-28)16-6-3-7-17(12-16)20(29)27-13-15-5-2-9-19(11-15)22(23,24)25/h2-3,5-7,9,11-12,18H,4,8,10,13-14H2,1H3,(H,26,30)(H,27,29). The molecule has 1 fully saturated rings. The largest absolute Gasteiger partial charge is 0.416 e. The Labute approximate surface area is 173 Å². The number of carbonyl (C=O) groups is 2. The van der Waals surface area contributed by atoms with Crippen molar-refractivity contribution in [3.8, 4) is 0 Å². The lowest BCUT2D eigenvalue weighted by Gasteiger charge is -2.32. The molecule has 1 unspecified atom stereocenters. The molecule has 0 bridgehead atoms. The van der Waals surface area contributed by atoms with E-state index in [9.17, 15) is 22.8 Å². The van der Waals surface area contributed by atoms with Crippen molar-refractivity contribution in [1.82, 2.24) is 15.5 Å². The lowest BCUT2D eigenvalue weighted by Crippen LogP contribution is -2.43. The minimum Gasteiger partial charge on any atom is -0.348 e. The fourth-order valence-electron chi connectivity index (χ4n) is 3.67. The predicted octanol–water partition coefficient (Wildman–Crippen LogP) is 4.15. The van der Waals surface area contributed by atoms with Crippen LogP contribution in [0.4, 0.5) is 18.0 Å². The fraction of sp³-hybridized carbons (Fsp3) is 0.364. The molecule has 0 radical (unpaired) electrons. The summed E-state index contributed by atoms with van der Waals surface area (Å²) in [6.45, 7) is 1.28. The summed E-state index contributed by atoms with van der Waals surface area (Å²) in [4.78, 5) is 26.2. The molecule has 1 saturated heterocycles. The molecule has 0 spiro atoms. The summed E-state index contributed by atoms with van der Waals surface area (Å²) in [6, 6.07) is 12.0. The van der Waals surface area contributed by atoms with Crippen molar-refractivity contribution >= 4 is 11.9 Å². The second-order valence-corrected chi connectivity index (χ2v) is 7.35. The van der Waals surface area contributed by atoms with Gasteiger partial charge in [-0.15, -0.1) is 0 Å². The number of halogens is 3. The van der Waals surface area contributed by atoms with Crippen LogP contribution in [0.3, 0.4) is 0 Å². The van der Waals surface area contributed by atoms with Gasteiger partial charge in [0.15, 0.2) is 0 Å². The second-order valence-electron chi connectivity index (χ2n) is 7.35. The van der Waals surface area contributed by atoms with Gasteiger partial charge in [0.2, 0.25) is 0 Å². The summed E-state index contributed by atoms with van der Waals surface area (Å²) >= 11 is 0.